The maximum Gasteiger partial charge on any atom is 0.238 e. The smallest absolute Gasteiger partial charge is 0.238 e. The van der Waals surface area contributed by atoms with Crippen molar-refractivity contribution in [1.29, 1.82) is 0 Å². The van der Waals surface area contributed by atoms with E-state index in [9.17, 15) is 9.60 Å². The maximum atomic E-state index is 9.98. The summed E-state index contributed by atoms with van der Waals surface area (Å²) in [6, 6.07) is 3.03. The molecule has 4 aromatic heterocycles. The highest BCUT2D eigenvalue weighted by atomic mass is 16.3. The molecule has 0 aliphatic rings. The van der Waals surface area contributed by atoms with Gasteiger partial charge in [-0.1, -0.05) is 145 Å². The van der Waals surface area contributed by atoms with E-state index in [1.165, 1.54) is 4.57 Å². The standard InChI is InChI=1S/C51H30N4O2/c1-4-15-31(16-5-1)35-23-14-26-43-45(35)38-28-27-34(29-44(38)56-43)50-52-49(33-19-8-3-9-20-33)53-51(54-50)55-41-24-12-10-21-36(41)40-30-39(32-17-6-2-7-18-32)48-46(47(40)55)37-22-11-13-25-42(37)57-48/h1-30H/i1D,4D,5D,10D,11D,12D,13D,14D,15D,16D,21D,22D,23D,24D,25D,26D,27D,28D,29D,30D. The lowest BCUT2D eigenvalue weighted by Gasteiger charge is -2.12. The van der Waals surface area contributed by atoms with Crippen LogP contribution in [0.5, 0.6) is 0 Å². The minimum atomic E-state index is -0.779. The Kier molecular flexibility index (Phi) is 3.85. The van der Waals surface area contributed by atoms with Crippen LogP contribution in [0.15, 0.2) is 190 Å². The molecule has 12 rings (SSSR count). The van der Waals surface area contributed by atoms with E-state index >= 15 is 0 Å². The Hall–Kier alpha value is -7.83. The zero-order valence-electron chi connectivity index (χ0n) is 48.9. The van der Waals surface area contributed by atoms with Gasteiger partial charge in [-0.3, -0.25) is 4.57 Å². The summed E-state index contributed by atoms with van der Waals surface area (Å²) in [4.78, 5) is 14.4. The third-order valence-corrected chi connectivity index (χ3v) is 9.61. The van der Waals surface area contributed by atoms with Gasteiger partial charge in [0, 0.05) is 43.6 Å². The molecule has 0 saturated carbocycles. The summed E-state index contributed by atoms with van der Waals surface area (Å²) in [5.74, 6) is -1.13. The van der Waals surface area contributed by atoms with Crippen LogP contribution in [-0.2, 0) is 0 Å². The van der Waals surface area contributed by atoms with Crippen molar-refractivity contribution in [3.8, 4) is 51.0 Å². The van der Waals surface area contributed by atoms with Gasteiger partial charge in [-0.15, -0.1) is 0 Å². The number of aromatic nitrogens is 4. The van der Waals surface area contributed by atoms with E-state index in [0.29, 0.717) is 11.1 Å². The normalized spacial score (nSPS) is 16.8. The molecule has 4 heterocycles. The van der Waals surface area contributed by atoms with E-state index in [1.807, 2.05) is 0 Å². The van der Waals surface area contributed by atoms with Crippen LogP contribution in [0.2, 0.25) is 0 Å². The van der Waals surface area contributed by atoms with Gasteiger partial charge in [0.1, 0.15) is 22.3 Å². The van der Waals surface area contributed by atoms with Crippen molar-refractivity contribution in [3.63, 3.8) is 0 Å². The number of hydrogen-bond donors (Lipinski definition) is 0. The van der Waals surface area contributed by atoms with Crippen molar-refractivity contribution in [2.24, 2.45) is 0 Å². The molecule has 0 aliphatic heterocycles. The van der Waals surface area contributed by atoms with E-state index in [0.717, 1.165) is 0 Å². The predicted octanol–water partition coefficient (Wildman–Crippen LogP) is 13.4. The number of furan rings is 2. The highest BCUT2D eigenvalue weighted by Crippen LogP contribution is 2.45. The van der Waals surface area contributed by atoms with Crippen LogP contribution < -0.4 is 0 Å². The fourth-order valence-electron chi connectivity index (χ4n) is 7.18. The quantitative estimate of drug-likeness (QED) is 0.175. The first-order valence-corrected chi connectivity index (χ1v) is 17.4. The monoisotopic (exact) mass is 750 g/mol. The number of nitrogens with zero attached hydrogens (tertiary/aromatic N) is 4. The van der Waals surface area contributed by atoms with Gasteiger partial charge in [-0.05, 0) is 52.9 Å². The first-order valence-electron chi connectivity index (χ1n) is 27.4. The van der Waals surface area contributed by atoms with Crippen molar-refractivity contribution in [2.75, 3.05) is 0 Å². The third kappa shape index (κ3) is 4.87. The molecule has 0 amide bonds. The van der Waals surface area contributed by atoms with Crippen LogP contribution in [0.3, 0.4) is 0 Å². The lowest BCUT2D eigenvalue weighted by molar-refractivity contribution is 0.669. The van der Waals surface area contributed by atoms with Crippen LogP contribution in [0.4, 0.5) is 0 Å². The minimum absolute atomic E-state index is 0.0590. The van der Waals surface area contributed by atoms with Gasteiger partial charge in [0.05, 0.1) is 43.8 Å². The Bertz CT molecular complexity index is 4660. The molecule has 0 fully saturated rings. The van der Waals surface area contributed by atoms with Crippen molar-refractivity contribution in [3.05, 3.63) is 182 Å². The average Bonchev–Trinajstić information content (AvgIpc) is 4.33. The largest absolute Gasteiger partial charge is 0.456 e. The first kappa shape index (κ1) is 17.8. The molecule has 0 unspecified atom stereocenters. The summed E-state index contributed by atoms with van der Waals surface area (Å²) in [5.41, 5.74) is -2.65. The van der Waals surface area contributed by atoms with Gasteiger partial charge in [-0.25, -0.2) is 4.98 Å². The fourth-order valence-corrected chi connectivity index (χ4v) is 7.18. The second kappa shape index (κ2) is 12.3. The third-order valence-electron chi connectivity index (χ3n) is 9.61. The zero-order valence-corrected chi connectivity index (χ0v) is 28.9. The molecule has 0 radical (unpaired) electrons. The Morgan fingerprint density at radius 2 is 1.12 bits per heavy atom. The van der Waals surface area contributed by atoms with Gasteiger partial charge < -0.3 is 8.83 Å². The van der Waals surface area contributed by atoms with E-state index in [2.05, 4.69) is 0 Å². The molecule has 0 spiro atoms. The second-order valence-corrected chi connectivity index (χ2v) is 12.8. The summed E-state index contributed by atoms with van der Waals surface area (Å²) in [5, 5.41) is -1.30. The van der Waals surface area contributed by atoms with Crippen LogP contribution in [-0.4, -0.2) is 19.5 Å². The molecular weight excluding hydrogens is 701 g/mol. The summed E-state index contributed by atoms with van der Waals surface area (Å²) in [7, 11) is 0. The SMILES string of the molecule is [2H]c1c([2H])c([2H])c(-c2c([2H])c([2H])c([2H])c3oc4c([2H])c(-c5nc(-c6ccccc6)nc(-n6c7c([2H])c([2H])c([2H])c([2H])c7c7c([2H])c(-c8ccccc8)c8oc9c([2H])c([2H])c([2H])c([2H])c9c8c76)n5)c([2H])c([2H])c4c23)c([2H])c1[2H]. The van der Waals surface area contributed by atoms with E-state index in [1.54, 1.807) is 60.7 Å². The Morgan fingerprint density at radius 3 is 1.95 bits per heavy atom. The highest BCUT2D eigenvalue weighted by molar-refractivity contribution is 6.27. The van der Waals surface area contributed by atoms with Crippen molar-refractivity contribution in [1.82, 2.24) is 19.5 Å². The minimum Gasteiger partial charge on any atom is -0.456 e. The van der Waals surface area contributed by atoms with Crippen molar-refractivity contribution >= 4 is 65.7 Å². The predicted molar refractivity (Wildman–Crippen MR) is 230 cm³/mol. The molecule has 0 atom stereocenters. The molecule has 12 aromatic rings. The van der Waals surface area contributed by atoms with Gasteiger partial charge in [-0.2, -0.15) is 9.97 Å². The number of para-hydroxylation sites is 2. The topological polar surface area (TPSA) is 69.9 Å². The molecule has 6 heteroatoms. The Labute approximate surface area is 354 Å². The van der Waals surface area contributed by atoms with Gasteiger partial charge in [0.25, 0.3) is 0 Å². The van der Waals surface area contributed by atoms with Gasteiger partial charge in [0.2, 0.25) is 5.95 Å². The lowest BCUT2D eigenvalue weighted by atomic mass is 9.98. The fraction of sp³-hybridized carbons (Fsp3) is 0. The molecule has 0 N–H and O–H groups in total. The number of fused-ring (bicyclic) bond motifs is 10. The lowest BCUT2D eigenvalue weighted by Crippen LogP contribution is -2.06. The Balaban J connectivity index is 1.27. The summed E-state index contributed by atoms with van der Waals surface area (Å²) in [6.07, 6.45) is 0. The Morgan fingerprint density at radius 1 is 0.439 bits per heavy atom. The zero-order chi connectivity index (χ0) is 54.9. The molecule has 6 nitrogen and oxygen atoms in total. The summed E-state index contributed by atoms with van der Waals surface area (Å²) < 4.78 is 194. The highest BCUT2D eigenvalue weighted by Gasteiger charge is 2.25. The maximum absolute atomic E-state index is 9.98. The van der Waals surface area contributed by atoms with E-state index in [4.69, 9.17) is 41.6 Å². The van der Waals surface area contributed by atoms with Crippen molar-refractivity contribution in [2.45, 2.75) is 0 Å². The molecular formula is C51H30N4O2. The van der Waals surface area contributed by atoms with Gasteiger partial charge in [0.15, 0.2) is 11.6 Å². The van der Waals surface area contributed by atoms with E-state index < -0.39 is 154 Å². The van der Waals surface area contributed by atoms with E-state index in [-0.39, 0.29) is 71.9 Å². The second-order valence-electron chi connectivity index (χ2n) is 12.8. The summed E-state index contributed by atoms with van der Waals surface area (Å²) >= 11 is 0. The van der Waals surface area contributed by atoms with Crippen molar-refractivity contribution < 1.29 is 36.2 Å². The molecule has 0 aliphatic carbocycles. The number of rotatable bonds is 5. The summed E-state index contributed by atoms with van der Waals surface area (Å²) in [6.45, 7) is 0. The van der Waals surface area contributed by atoms with Crippen LogP contribution >= 0.6 is 0 Å². The van der Waals surface area contributed by atoms with Crippen LogP contribution in [0.25, 0.3) is 117 Å². The van der Waals surface area contributed by atoms with Gasteiger partial charge >= 0.3 is 0 Å². The molecule has 0 bridgehead atoms. The molecule has 8 aromatic carbocycles. The number of hydrogen-bond acceptors (Lipinski definition) is 5. The molecule has 266 valence electrons. The number of benzene rings is 8. The first-order chi connectivity index (χ1) is 36.6. The molecule has 0 saturated heterocycles. The van der Waals surface area contributed by atoms with Crippen LogP contribution in [0.1, 0.15) is 27.4 Å². The van der Waals surface area contributed by atoms with Crippen LogP contribution in [0, 0.1) is 0 Å². The average molecular weight is 751 g/mol. The molecule has 57 heavy (non-hydrogen) atoms.